The summed E-state index contributed by atoms with van der Waals surface area (Å²) in [4.78, 5) is 0. The molecule has 0 saturated heterocycles. The Balaban J connectivity index is 3.10. The summed E-state index contributed by atoms with van der Waals surface area (Å²) in [5.74, 6) is 2.04. The summed E-state index contributed by atoms with van der Waals surface area (Å²) in [6.45, 7) is 1.72. The van der Waals surface area contributed by atoms with Gasteiger partial charge < -0.3 is 30.0 Å². The standard InChI is InChI=1S/C14H24N2O4/c1-17-6-5-16-11(9-15)14-12(19-3)7-10(18-2)8-13(14)20-4/h7-8,11,16H,5-6,9,15H2,1-4H3. The minimum Gasteiger partial charge on any atom is -0.496 e. The fraction of sp³-hybridized carbons (Fsp3) is 0.571. The van der Waals surface area contributed by atoms with Gasteiger partial charge in [-0.25, -0.2) is 0 Å². The molecule has 20 heavy (non-hydrogen) atoms. The van der Waals surface area contributed by atoms with E-state index in [2.05, 4.69) is 5.32 Å². The van der Waals surface area contributed by atoms with Gasteiger partial charge in [-0.2, -0.15) is 0 Å². The molecule has 0 radical (unpaired) electrons. The Hall–Kier alpha value is -1.50. The number of ether oxygens (including phenoxy) is 4. The molecule has 3 N–H and O–H groups in total. The summed E-state index contributed by atoms with van der Waals surface area (Å²) >= 11 is 0. The van der Waals surface area contributed by atoms with Crippen molar-refractivity contribution < 1.29 is 18.9 Å². The molecular weight excluding hydrogens is 260 g/mol. The maximum absolute atomic E-state index is 5.86. The first kappa shape index (κ1) is 16.6. The van der Waals surface area contributed by atoms with E-state index >= 15 is 0 Å². The molecule has 1 aromatic rings. The number of nitrogens with one attached hydrogen (secondary N) is 1. The number of benzene rings is 1. The topological polar surface area (TPSA) is 75.0 Å². The van der Waals surface area contributed by atoms with E-state index in [1.54, 1.807) is 28.4 Å². The van der Waals surface area contributed by atoms with E-state index in [1.807, 2.05) is 12.1 Å². The van der Waals surface area contributed by atoms with E-state index in [4.69, 9.17) is 24.7 Å². The molecule has 0 aliphatic carbocycles. The van der Waals surface area contributed by atoms with Crippen molar-refractivity contribution in [2.45, 2.75) is 6.04 Å². The summed E-state index contributed by atoms with van der Waals surface area (Å²) < 4.78 is 21.1. The molecule has 0 amide bonds. The van der Waals surface area contributed by atoms with Gasteiger partial charge in [-0.15, -0.1) is 0 Å². The van der Waals surface area contributed by atoms with Gasteiger partial charge in [0, 0.05) is 32.3 Å². The van der Waals surface area contributed by atoms with Gasteiger partial charge in [0.25, 0.3) is 0 Å². The van der Waals surface area contributed by atoms with E-state index in [-0.39, 0.29) is 6.04 Å². The Labute approximate surface area is 120 Å². The molecule has 114 valence electrons. The minimum absolute atomic E-state index is 0.0824. The van der Waals surface area contributed by atoms with Crippen LogP contribution in [0.4, 0.5) is 0 Å². The van der Waals surface area contributed by atoms with E-state index in [0.29, 0.717) is 36.9 Å². The zero-order valence-electron chi connectivity index (χ0n) is 12.6. The van der Waals surface area contributed by atoms with Crippen LogP contribution in [0.5, 0.6) is 17.2 Å². The highest BCUT2D eigenvalue weighted by molar-refractivity contribution is 5.52. The third-order valence-corrected chi connectivity index (χ3v) is 3.03. The predicted molar refractivity (Wildman–Crippen MR) is 77.8 cm³/mol. The SMILES string of the molecule is COCCNC(CN)c1c(OC)cc(OC)cc1OC. The molecule has 1 unspecified atom stereocenters. The molecule has 0 heterocycles. The van der Waals surface area contributed by atoms with E-state index in [9.17, 15) is 0 Å². The molecule has 0 aromatic heterocycles. The lowest BCUT2D eigenvalue weighted by Gasteiger charge is -2.23. The number of hydrogen-bond donors (Lipinski definition) is 2. The molecule has 1 rings (SSSR count). The molecule has 0 bridgehead atoms. The van der Waals surface area contributed by atoms with Crippen LogP contribution in [-0.2, 0) is 4.74 Å². The predicted octanol–water partition coefficient (Wildman–Crippen LogP) is 0.948. The van der Waals surface area contributed by atoms with Gasteiger partial charge in [0.2, 0.25) is 0 Å². The quantitative estimate of drug-likeness (QED) is 0.658. The lowest BCUT2D eigenvalue weighted by molar-refractivity contribution is 0.195. The van der Waals surface area contributed by atoms with Gasteiger partial charge in [-0.05, 0) is 0 Å². The van der Waals surface area contributed by atoms with E-state index in [1.165, 1.54) is 0 Å². The third-order valence-electron chi connectivity index (χ3n) is 3.03. The molecule has 6 heteroatoms. The normalized spacial score (nSPS) is 12.1. The van der Waals surface area contributed by atoms with Crippen LogP contribution in [0.2, 0.25) is 0 Å². The van der Waals surface area contributed by atoms with Crippen molar-refractivity contribution in [2.75, 3.05) is 48.1 Å². The first-order valence-electron chi connectivity index (χ1n) is 6.44. The first-order valence-corrected chi connectivity index (χ1v) is 6.44. The van der Waals surface area contributed by atoms with Crippen LogP contribution in [0.1, 0.15) is 11.6 Å². The average Bonchev–Trinajstić information content (AvgIpc) is 2.50. The Kier molecular flexibility index (Phi) is 7.14. The van der Waals surface area contributed by atoms with Crippen LogP contribution in [-0.4, -0.2) is 48.1 Å². The second-order valence-electron chi connectivity index (χ2n) is 4.18. The fourth-order valence-corrected chi connectivity index (χ4v) is 2.01. The fourth-order valence-electron chi connectivity index (χ4n) is 2.01. The number of methoxy groups -OCH3 is 4. The van der Waals surface area contributed by atoms with Crippen molar-refractivity contribution in [1.29, 1.82) is 0 Å². The lowest BCUT2D eigenvalue weighted by atomic mass is 10.0. The van der Waals surface area contributed by atoms with Gasteiger partial charge in [0.05, 0.1) is 39.5 Å². The summed E-state index contributed by atoms with van der Waals surface area (Å²) in [5, 5.41) is 3.32. The van der Waals surface area contributed by atoms with Crippen molar-refractivity contribution >= 4 is 0 Å². The monoisotopic (exact) mass is 284 g/mol. The van der Waals surface area contributed by atoms with Gasteiger partial charge in [-0.3, -0.25) is 0 Å². The molecule has 0 aliphatic heterocycles. The number of nitrogens with two attached hydrogens (primary N) is 1. The maximum Gasteiger partial charge on any atom is 0.131 e. The highest BCUT2D eigenvalue weighted by atomic mass is 16.5. The number of hydrogen-bond acceptors (Lipinski definition) is 6. The largest absolute Gasteiger partial charge is 0.496 e. The van der Waals surface area contributed by atoms with Crippen LogP contribution < -0.4 is 25.3 Å². The summed E-state index contributed by atoms with van der Waals surface area (Å²) in [5.41, 5.74) is 6.74. The molecular formula is C14H24N2O4. The molecule has 0 spiro atoms. The molecule has 0 saturated carbocycles. The van der Waals surface area contributed by atoms with Crippen LogP contribution >= 0.6 is 0 Å². The summed E-state index contributed by atoms with van der Waals surface area (Å²) in [6.07, 6.45) is 0. The Bertz CT molecular complexity index is 387. The smallest absolute Gasteiger partial charge is 0.131 e. The molecule has 0 aliphatic rings. The molecule has 6 nitrogen and oxygen atoms in total. The summed E-state index contributed by atoms with van der Waals surface area (Å²) in [6, 6.07) is 3.55. The second kappa shape index (κ2) is 8.63. The zero-order chi connectivity index (χ0) is 15.0. The van der Waals surface area contributed by atoms with Crippen LogP contribution in [0, 0.1) is 0 Å². The Morgan fingerprint density at radius 2 is 1.65 bits per heavy atom. The van der Waals surface area contributed by atoms with Crippen molar-refractivity contribution in [2.24, 2.45) is 5.73 Å². The second-order valence-corrected chi connectivity index (χ2v) is 4.18. The van der Waals surface area contributed by atoms with Crippen molar-refractivity contribution in [3.63, 3.8) is 0 Å². The number of rotatable bonds is 9. The van der Waals surface area contributed by atoms with Crippen molar-refractivity contribution in [1.82, 2.24) is 5.32 Å². The average molecular weight is 284 g/mol. The Morgan fingerprint density at radius 1 is 1.05 bits per heavy atom. The molecule has 1 aromatic carbocycles. The first-order chi connectivity index (χ1) is 9.71. The molecule has 1 atom stereocenters. The van der Waals surface area contributed by atoms with Crippen LogP contribution in [0.15, 0.2) is 12.1 Å². The maximum atomic E-state index is 5.86. The van der Waals surface area contributed by atoms with Crippen LogP contribution in [0.25, 0.3) is 0 Å². The van der Waals surface area contributed by atoms with E-state index in [0.717, 1.165) is 5.56 Å². The molecule has 0 fully saturated rings. The van der Waals surface area contributed by atoms with E-state index < -0.39 is 0 Å². The van der Waals surface area contributed by atoms with Crippen molar-refractivity contribution in [3.8, 4) is 17.2 Å². The van der Waals surface area contributed by atoms with Gasteiger partial charge in [0.1, 0.15) is 17.2 Å². The minimum atomic E-state index is -0.0824. The summed E-state index contributed by atoms with van der Waals surface area (Å²) in [7, 11) is 6.49. The van der Waals surface area contributed by atoms with Crippen molar-refractivity contribution in [3.05, 3.63) is 17.7 Å². The highest BCUT2D eigenvalue weighted by Crippen LogP contribution is 2.37. The van der Waals surface area contributed by atoms with Gasteiger partial charge in [-0.1, -0.05) is 0 Å². The van der Waals surface area contributed by atoms with Gasteiger partial charge >= 0.3 is 0 Å². The zero-order valence-corrected chi connectivity index (χ0v) is 12.6. The Morgan fingerprint density at radius 3 is 2.05 bits per heavy atom. The van der Waals surface area contributed by atoms with Gasteiger partial charge in [0.15, 0.2) is 0 Å². The lowest BCUT2D eigenvalue weighted by Crippen LogP contribution is -2.31. The third kappa shape index (κ3) is 4.00. The highest BCUT2D eigenvalue weighted by Gasteiger charge is 2.21. The van der Waals surface area contributed by atoms with Crippen LogP contribution in [0.3, 0.4) is 0 Å².